The van der Waals surface area contributed by atoms with Crippen molar-refractivity contribution in [3.8, 4) is 0 Å². The second-order valence-electron chi connectivity index (χ2n) is 5.28. The summed E-state index contributed by atoms with van der Waals surface area (Å²) in [5, 5.41) is 14.6. The molecule has 0 radical (unpaired) electrons. The number of rotatable bonds is 10. The topological polar surface area (TPSA) is 67.1 Å². The van der Waals surface area contributed by atoms with Gasteiger partial charge in [-0.1, -0.05) is 31.2 Å². The molecule has 0 amide bonds. The molecule has 7 heteroatoms. The molecule has 2 N–H and O–H groups in total. The van der Waals surface area contributed by atoms with E-state index >= 15 is 0 Å². The maximum absolute atomic E-state index is 4.62. The fourth-order valence-electron chi connectivity index (χ4n) is 2.21. The van der Waals surface area contributed by atoms with Crippen LogP contribution in [-0.2, 0) is 13.0 Å². The lowest BCUT2D eigenvalue weighted by atomic mass is 10.4. The summed E-state index contributed by atoms with van der Waals surface area (Å²) in [5.74, 6) is 2.77. The predicted octanol–water partition coefficient (Wildman–Crippen LogP) is 2.35. The number of nitrogens with zero attached hydrogens (tertiary/aromatic N) is 4. The molecule has 0 saturated heterocycles. The number of nitrogens with one attached hydrogen (secondary N) is 2. The van der Waals surface area contributed by atoms with Crippen LogP contribution in [0.5, 0.6) is 0 Å². The summed E-state index contributed by atoms with van der Waals surface area (Å²) in [6, 6.07) is 10.4. The van der Waals surface area contributed by atoms with E-state index in [1.807, 2.05) is 28.5 Å². The van der Waals surface area contributed by atoms with Gasteiger partial charge < -0.3 is 15.2 Å². The van der Waals surface area contributed by atoms with E-state index in [0.717, 1.165) is 37.0 Å². The first-order valence-corrected chi connectivity index (χ1v) is 9.49. The Morgan fingerprint density at radius 1 is 1.32 bits per heavy atom. The molecule has 0 bridgehead atoms. The molecule has 0 aliphatic carbocycles. The monoisotopic (exact) mass is 358 g/mol. The molecule has 134 valence electrons. The van der Waals surface area contributed by atoms with Gasteiger partial charge in [-0.3, -0.25) is 4.99 Å². The van der Waals surface area contributed by atoms with Crippen molar-refractivity contribution < 1.29 is 0 Å². The molecule has 1 heterocycles. The summed E-state index contributed by atoms with van der Waals surface area (Å²) in [7, 11) is 0. The van der Waals surface area contributed by atoms with E-state index in [9.17, 15) is 0 Å². The van der Waals surface area contributed by atoms with Gasteiger partial charge in [-0.25, -0.2) is 0 Å². The zero-order valence-corrected chi connectivity index (χ0v) is 15.5. The maximum atomic E-state index is 4.62. The molecule has 1 aromatic carbocycles. The largest absolute Gasteiger partial charge is 0.356 e. The summed E-state index contributed by atoms with van der Waals surface area (Å²) >= 11 is 1.83. The minimum atomic E-state index is 0.670. The van der Waals surface area contributed by atoms with E-state index in [4.69, 9.17) is 0 Å². The van der Waals surface area contributed by atoms with Gasteiger partial charge in [-0.2, -0.15) is 0 Å². The maximum Gasteiger partial charge on any atom is 0.191 e. The summed E-state index contributed by atoms with van der Waals surface area (Å²) < 4.78 is 2.04. The van der Waals surface area contributed by atoms with Crippen LogP contribution in [0, 0.1) is 0 Å². The standard InChI is InChI=1S/C18H26N6S/c1-3-10-19-18(20-11-13-24-15-22-23-17(24)4-2)21-12-14-25-16-8-6-5-7-9-16/h3,5-9,15H,1,4,10-14H2,2H3,(H2,19,20,21). The molecule has 0 unspecified atom stereocenters. The average molecular weight is 359 g/mol. The van der Waals surface area contributed by atoms with Crippen molar-refractivity contribution in [2.24, 2.45) is 4.99 Å². The molecular formula is C18H26N6S. The number of benzene rings is 1. The van der Waals surface area contributed by atoms with Crippen molar-refractivity contribution in [3.05, 3.63) is 55.1 Å². The molecule has 25 heavy (non-hydrogen) atoms. The Morgan fingerprint density at radius 3 is 2.92 bits per heavy atom. The molecule has 1 aromatic heterocycles. The van der Waals surface area contributed by atoms with Gasteiger partial charge in [-0.15, -0.1) is 28.5 Å². The van der Waals surface area contributed by atoms with E-state index in [-0.39, 0.29) is 0 Å². The molecule has 0 atom stereocenters. The lowest BCUT2D eigenvalue weighted by Crippen LogP contribution is -2.38. The number of aromatic nitrogens is 3. The number of hydrogen-bond donors (Lipinski definition) is 2. The lowest BCUT2D eigenvalue weighted by Gasteiger charge is -2.11. The second-order valence-corrected chi connectivity index (χ2v) is 6.45. The van der Waals surface area contributed by atoms with Gasteiger partial charge in [-0.05, 0) is 12.1 Å². The van der Waals surface area contributed by atoms with Crippen LogP contribution in [0.4, 0.5) is 0 Å². The van der Waals surface area contributed by atoms with E-state index in [1.165, 1.54) is 4.90 Å². The Morgan fingerprint density at radius 2 is 2.16 bits per heavy atom. The van der Waals surface area contributed by atoms with Gasteiger partial charge in [0.1, 0.15) is 12.2 Å². The first-order chi connectivity index (χ1) is 12.3. The third kappa shape index (κ3) is 7.01. The third-order valence-corrected chi connectivity index (χ3v) is 4.46. The smallest absolute Gasteiger partial charge is 0.191 e. The highest BCUT2D eigenvalue weighted by atomic mass is 32.2. The van der Waals surface area contributed by atoms with Crippen molar-refractivity contribution in [2.45, 2.75) is 24.8 Å². The molecule has 2 aromatic rings. The molecule has 6 nitrogen and oxygen atoms in total. The number of hydrogen-bond acceptors (Lipinski definition) is 4. The Kier molecular flexibility index (Phi) is 8.61. The summed E-state index contributed by atoms with van der Waals surface area (Å²) in [6.45, 7) is 8.79. The third-order valence-electron chi connectivity index (χ3n) is 3.44. The number of aliphatic imine (C=N–C) groups is 1. The Labute approximate surface area is 153 Å². The summed E-state index contributed by atoms with van der Waals surface area (Å²) in [6.07, 6.45) is 4.46. The van der Waals surface area contributed by atoms with E-state index in [0.29, 0.717) is 13.1 Å². The van der Waals surface area contributed by atoms with Gasteiger partial charge in [0.25, 0.3) is 0 Å². The minimum Gasteiger partial charge on any atom is -0.356 e. The van der Waals surface area contributed by atoms with Crippen LogP contribution in [-0.4, -0.2) is 46.1 Å². The fourth-order valence-corrected chi connectivity index (χ4v) is 3.00. The highest BCUT2D eigenvalue weighted by molar-refractivity contribution is 7.99. The highest BCUT2D eigenvalue weighted by Crippen LogP contribution is 2.15. The van der Waals surface area contributed by atoms with Gasteiger partial charge in [0.2, 0.25) is 0 Å². The van der Waals surface area contributed by atoms with Crippen molar-refractivity contribution >= 4 is 17.7 Å². The molecule has 0 aliphatic heterocycles. The van der Waals surface area contributed by atoms with Gasteiger partial charge in [0.05, 0.1) is 6.54 Å². The van der Waals surface area contributed by atoms with Crippen molar-refractivity contribution in [1.82, 2.24) is 25.4 Å². The van der Waals surface area contributed by atoms with E-state index in [2.05, 4.69) is 63.6 Å². The zero-order chi connectivity index (χ0) is 17.7. The van der Waals surface area contributed by atoms with Gasteiger partial charge in [0.15, 0.2) is 5.96 Å². The fraction of sp³-hybridized carbons (Fsp3) is 0.389. The van der Waals surface area contributed by atoms with Crippen LogP contribution in [0.1, 0.15) is 12.7 Å². The predicted molar refractivity (Wildman–Crippen MR) is 105 cm³/mol. The van der Waals surface area contributed by atoms with E-state index in [1.54, 1.807) is 6.33 Å². The SMILES string of the molecule is C=CCNC(=NCCn1cnnc1CC)NCCSc1ccccc1. The Hall–Kier alpha value is -2.28. The molecular weight excluding hydrogens is 332 g/mol. The first kappa shape index (κ1) is 19.1. The first-order valence-electron chi connectivity index (χ1n) is 8.51. The Balaban J connectivity index is 1.77. The van der Waals surface area contributed by atoms with Gasteiger partial charge in [0, 0.05) is 36.7 Å². The molecule has 0 saturated carbocycles. The van der Waals surface area contributed by atoms with Crippen molar-refractivity contribution in [1.29, 1.82) is 0 Å². The number of thioether (sulfide) groups is 1. The van der Waals surface area contributed by atoms with E-state index < -0.39 is 0 Å². The van der Waals surface area contributed by atoms with Crippen molar-refractivity contribution in [2.75, 3.05) is 25.4 Å². The van der Waals surface area contributed by atoms with Crippen LogP contribution in [0.15, 0.2) is 59.2 Å². The lowest BCUT2D eigenvalue weighted by molar-refractivity contribution is 0.662. The van der Waals surface area contributed by atoms with Crippen LogP contribution in [0.25, 0.3) is 0 Å². The minimum absolute atomic E-state index is 0.670. The quantitative estimate of drug-likeness (QED) is 0.224. The molecule has 0 aliphatic rings. The average Bonchev–Trinajstić information content (AvgIpc) is 3.11. The molecule has 0 fully saturated rings. The van der Waals surface area contributed by atoms with Gasteiger partial charge >= 0.3 is 0 Å². The Bertz CT molecular complexity index is 653. The second kappa shape index (κ2) is 11.3. The van der Waals surface area contributed by atoms with Crippen LogP contribution < -0.4 is 10.6 Å². The zero-order valence-electron chi connectivity index (χ0n) is 14.7. The highest BCUT2D eigenvalue weighted by Gasteiger charge is 2.01. The molecule has 2 rings (SSSR count). The van der Waals surface area contributed by atoms with Crippen LogP contribution in [0.3, 0.4) is 0 Å². The summed E-state index contributed by atoms with van der Waals surface area (Å²) in [4.78, 5) is 5.90. The number of guanidine groups is 1. The normalized spacial score (nSPS) is 11.3. The van der Waals surface area contributed by atoms with Crippen LogP contribution in [0.2, 0.25) is 0 Å². The van der Waals surface area contributed by atoms with Crippen LogP contribution >= 0.6 is 11.8 Å². The number of aryl methyl sites for hydroxylation is 1. The van der Waals surface area contributed by atoms with Crippen molar-refractivity contribution in [3.63, 3.8) is 0 Å². The summed E-state index contributed by atoms with van der Waals surface area (Å²) in [5.41, 5.74) is 0. The molecule has 0 spiro atoms.